The second kappa shape index (κ2) is 7.85. The standard InChI is InChI=1S/C20H16FNO3S2/c1-27(24,25)22-15-8-6-14(7-9-15)19(23)12-10-16-11-13-20(26-16)17-4-2-3-5-18(17)21/h2-13,22H,1H3/b12-10-. The third kappa shape index (κ3) is 5.12. The number of anilines is 1. The Morgan fingerprint density at radius 1 is 1.04 bits per heavy atom. The number of carbonyl (C=O) groups is 1. The van der Waals surface area contributed by atoms with Crippen LogP contribution in [-0.2, 0) is 10.0 Å². The van der Waals surface area contributed by atoms with E-state index in [2.05, 4.69) is 4.72 Å². The minimum atomic E-state index is -3.35. The summed E-state index contributed by atoms with van der Waals surface area (Å²) < 4.78 is 38.6. The second-order valence-electron chi connectivity index (χ2n) is 5.83. The van der Waals surface area contributed by atoms with Gasteiger partial charge in [-0.05, 0) is 54.6 Å². The van der Waals surface area contributed by atoms with Crippen LogP contribution in [0.3, 0.4) is 0 Å². The quantitative estimate of drug-likeness (QED) is 0.476. The maximum absolute atomic E-state index is 13.8. The predicted molar refractivity (Wildman–Crippen MR) is 108 cm³/mol. The molecule has 0 aliphatic heterocycles. The van der Waals surface area contributed by atoms with Gasteiger partial charge in [0.25, 0.3) is 0 Å². The number of benzene rings is 2. The molecular formula is C20H16FNO3S2. The zero-order valence-corrected chi connectivity index (χ0v) is 16.0. The second-order valence-corrected chi connectivity index (χ2v) is 8.69. The van der Waals surface area contributed by atoms with Crippen molar-refractivity contribution in [3.05, 3.63) is 83.0 Å². The molecule has 4 nitrogen and oxygen atoms in total. The van der Waals surface area contributed by atoms with Crippen molar-refractivity contribution in [1.82, 2.24) is 0 Å². The van der Waals surface area contributed by atoms with Crippen molar-refractivity contribution >= 4 is 38.9 Å². The van der Waals surface area contributed by atoms with Gasteiger partial charge in [0.05, 0.1) is 6.26 Å². The fraction of sp³-hybridized carbons (Fsp3) is 0.0500. The molecule has 0 amide bonds. The van der Waals surface area contributed by atoms with Crippen LogP contribution in [0, 0.1) is 5.82 Å². The van der Waals surface area contributed by atoms with Gasteiger partial charge >= 0.3 is 0 Å². The maximum Gasteiger partial charge on any atom is 0.229 e. The summed E-state index contributed by atoms with van der Waals surface area (Å²) in [6, 6.07) is 16.4. The van der Waals surface area contributed by atoms with Gasteiger partial charge in [-0.25, -0.2) is 12.8 Å². The smallest absolute Gasteiger partial charge is 0.229 e. The molecule has 0 fully saturated rings. The zero-order chi connectivity index (χ0) is 19.4. The summed E-state index contributed by atoms with van der Waals surface area (Å²) in [5.41, 5.74) is 1.37. The minimum absolute atomic E-state index is 0.207. The third-order valence-electron chi connectivity index (χ3n) is 3.64. The normalized spacial score (nSPS) is 11.6. The Labute approximate surface area is 161 Å². The van der Waals surface area contributed by atoms with Gasteiger partial charge in [-0.15, -0.1) is 11.3 Å². The van der Waals surface area contributed by atoms with Gasteiger partial charge in [0.1, 0.15) is 5.82 Å². The first-order valence-corrected chi connectivity index (χ1v) is 10.7. The molecular weight excluding hydrogens is 385 g/mol. The Kier molecular flexibility index (Phi) is 5.53. The van der Waals surface area contributed by atoms with E-state index in [4.69, 9.17) is 0 Å². The summed E-state index contributed by atoms with van der Waals surface area (Å²) in [6.45, 7) is 0. The van der Waals surface area contributed by atoms with Crippen LogP contribution in [0.2, 0.25) is 0 Å². The summed E-state index contributed by atoms with van der Waals surface area (Å²) in [6.07, 6.45) is 4.18. The van der Waals surface area contributed by atoms with E-state index < -0.39 is 10.0 Å². The van der Waals surface area contributed by atoms with Gasteiger partial charge in [-0.2, -0.15) is 0 Å². The summed E-state index contributed by atoms with van der Waals surface area (Å²) in [4.78, 5) is 13.9. The van der Waals surface area contributed by atoms with E-state index in [1.807, 2.05) is 12.1 Å². The average molecular weight is 401 g/mol. The molecule has 1 N–H and O–H groups in total. The molecule has 1 heterocycles. The predicted octanol–water partition coefficient (Wildman–Crippen LogP) is 4.82. The number of allylic oxidation sites excluding steroid dienone is 1. The summed E-state index contributed by atoms with van der Waals surface area (Å²) in [5.74, 6) is -0.490. The lowest BCUT2D eigenvalue weighted by molar-refractivity contribution is 0.104. The molecule has 0 spiro atoms. The summed E-state index contributed by atoms with van der Waals surface area (Å²) >= 11 is 1.39. The average Bonchev–Trinajstić information content (AvgIpc) is 3.08. The Morgan fingerprint density at radius 3 is 2.41 bits per heavy atom. The minimum Gasteiger partial charge on any atom is -0.289 e. The van der Waals surface area contributed by atoms with Crippen LogP contribution in [0.15, 0.2) is 66.7 Å². The van der Waals surface area contributed by atoms with Gasteiger partial charge in [-0.1, -0.05) is 18.2 Å². The number of hydrogen-bond donors (Lipinski definition) is 1. The molecule has 0 bridgehead atoms. The SMILES string of the molecule is CS(=O)(=O)Nc1ccc(C(=O)/C=C\c2ccc(-c3ccccc3F)s2)cc1. The number of sulfonamides is 1. The first kappa shape index (κ1) is 19.0. The highest BCUT2D eigenvalue weighted by Crippen LogP contribution is 2.30. The monoisotopic (exact) mass is 401 g/mol. The zero-order valence-electron chi connectivity index (χ0n) is 14.3. The molecule has 27 heavy (non-hydrogen) atoms. The Hall–Kier alpha value is -2.77. The molecule has 0 unspecified atom stereocenters. The summed E-state index contributed by atoms with van der Waals surface area (Å²) in [5, 5.41) is 0. The van der Waals surface area contributed by atoms with Gasteiger partial charge in [0.2, 0.25) is 10.0 Å². The van der Waals surface area contributed by atoms with E-state index in [1.54, 1.807) is 36.4 Å². The van der Waals surface area contributed by atoms with E-state index in [1.165, 1.54) is 35.6 Å². The molecule has 2 aromatic carbocycles. The van der Waals surface area contributed by atoms with Crippen molar-refractivity contribution in [2.75, 3.05) is 11.0 Å². The van der Waals surface area contributed by atoms with Crippen LogP contribution in [0.1, 0.15) is 15.2 Å². The molecule has 0 atom stereocenters. The first-order chi connectivity index (χ1) is 12.8. The van der Waals surface area contributed by atoms with Crippen LogP contribution >= 0.6 is 11.3 Å². The molecule has 0 aliphatic carbocycles. The van der Waals surface area contributed by atoms with E-state index in [9.17, 15) is 17.6 Å². The lowest BCUT2D eigenvalue weighted by atomic mass is 10.1. The molecule has 3 aromatic rings. The topological polar surface area (TPSA) is 63.2 Å². The van der Waals surface area contributed by atoms with E-state index >= 15 is 0 Å². The number of ketones is 1. The van der Waals surface area contributed by atoms with Crippen molar-refractivity contribution in [3.63, 3.8) is 0 Å². The highest BCUT2D eigenvalue weighted by Gasteiger charge is 2.07. The molecule has 3 rings (SSSR count). The van der Waals surface area contributed by atoms with Crippen LogP contribution in [0.5, 0.6) is 0 Å². The van der Waals surface area contributed by atoms with Crippen molar-refractivity contribution in [1.29, 1.82) is 0 Å². The highest BCUT2D eigenvalue weighted by molar-refractivity contribution is 7.92. The van der Waals surface area contributed by atoms with Gasteiger partial charge < -0.3 is 0 Å². The number of carbonyl (C=O) groups excluding carboxylic acids is 1. The van der Waals surface area contributed by atoms with Crippen LogP contribution in [0.4, 0.5) is 10.1 Å². The number of hydrogen-bond acceptors (Lipinski definition) is 4. The molecule has 0 saturated heterocycles. The number of thiophene rings is 1. The Balaban J connectivity index is 1.71. The lowest BCUT2D eigenvalue weighted by Gasteiger charge is -2.03. The molecule has 7 heteroatoms. The largest absolute Gasteiger partial charge is 0.289 e. The number of rotatable bonds is 6. The molecule has 138 valence electrons. The molecule has 0 aliphatic rings. The maximum atomic E-state index is 13.8. The van der Waals surface area contributed by atoms with Crippen molar-refractivity contribution in [2.45, 2.75) is 0 Å². The van der Waals surface area contributed by atoms with Crippen LogP contribution < -0.4 is 4.72 Å². The van der Waals surface area contributed by atoms with E-state index in [0.717, 1.165) is 16.0 Å². The number of halogens is 1. The van der Waals surface area contributed by atoms with Gasteiger partial charge in [-0.3, -0.25) is 9.52 Å². The first-order valence-electron chi connectivity index (χ1n) is 7.97. The Bertz CT molecular complexity index is 1100. The van der Waals surface area contributed by atoms with Crippen LogP contribution in [-0.4, -0.2) is 20.5 Å². The van der Waals surface area contributed by atoms with Crippen molar-refractivity contribution in [3.8, 4) is 10.4 Å². The van der Waals surface area contributed by atoms with Crippen molar-refractivity contribution < 1.29 is 17.6 Å². The fourth-order valence-corrected chi connectivity index (χ4v) is 3.92. The molecule has 0 radical (unpaired) electrons. The highest BCUT2D eigenvalue weighted by atomic mass is 32.2. The lowest BCUT2D eigenvalue weighted by Crippen LogP contribution is -2.09. The van der Waals surface area contributed by atoms with E-state index in [0.29, 0.717) is 16.8 Å². The summed E-state index contributed by atoms with van der Waals surface area (Å²) in [7, 11) is -3.35. The molecule has 1 aromatic heterocycles. The molecule has 0 saturated carbocycles. The number of nitrogens with one attached hydrogen (secondary N) is 1. The van der Waals surface area contributed by atoms with Crippen LogP contribution in [0.25, 0.3) is 16.5 Å². The van der Waals surface area contributed by atoms with E-state index in [-0.39, 0.29) is 11.6 Å². The van der Waals surface area contributed by atoms with Crippen molar-refractivity contribution in [2.24, 2.45) is 0 Å². The van der Waals surface area contributed by atoms with Gasteiger partial charge in [0, 0.05) is 26.6 Å². The third-order valence-corrected chi connectivity index (χ3v) is 5.33. The van der Waals surface area contributed by atoms with Gasteiger partial charge in [0.15, 0.2) is 5.78 Å². The fourth-order valence-electron chi connectivity index (χ4n) is 2.42. The Morgan fingerprint density at radius 2 is 1.74 bits per heavy atom.